The molecule has 0 aromatic heterocycles. The van der Waals surface area contributed by atoms with E-state index in [1.165, 1.54) is 42.6 Å². The van der Waals surface area contributed by atoms with Crippen LogP contribution in [0.2, 0.25) is 0 Å². The van der Waals surface area contributed by atoms with Gasteiger partial charge in [-0.3, -0.25) is 4.79 Å². The molecule has 1 amide bonds. The van der Waals surface area contributed by atoms with Crippen LogP contribution in [0.1, 0.15) is 43.2 Å². The van der Waals surface area contributed by atoms with Gasteiger partial charge in [0.2, 0.25) is 5.91 Å². The minimum atomic E-state index is 0.321. The SMILES string of the molecule is O=C(C1CC1)N1CCc2cc(CC3CCCCN3)ccc21. The molecular weight excluding hydrogens is 260 g/mol. The fraction of sp³-hybridized carbons (Fsp3) is 0.611. The van der Waals surface area contributed by atoms with Gasteiger partial charge in [0.05, 0.1) is 0 Å². The Hall–Kier alpha value is -1.35. The Morgan fingerprint density at radius 1 is 1.24 bits per heavy atom. The van der Waals surface area contributed by atoms with Crippen LogP contribution in [-0.4, -0.2) is 25.0 Å². The van der Waals surface area contributed by atoms with Crippen molar-refractivity contribution in [1.29, 1.82) is 0 Å². The molecule has 0 bridgehead atoms. The number of nitrogens with one attached hydrogen (secondary N) is 1. The van der Waals surface area contributed by atoms with Gasteiger partial charge in [-0.25, -0.2) is 0 Å². The zero-order valence-corrected chi connectivity index (χ0v) is 12.6. The minimum Gasteiger partial charge on any atom is -0.314 e. The number of hydrogen-bond acceptors (Lipinski definition) is 2. The van der Waals surface area contributed by atoms with E-state index in [2.05, 4.69) is 23.5 Å². The van der Waals surface area contributed by atoms with Crippen LogP contribution in [0.25, 0.3) is 0 Å². The van der Waals surface area contributed by atoms with E-state index in [1.54, 1.807) is 0 Å². The Bertz CT molecular complexity index is 544. The second kappa shape index (κ2) is 5.45. The number of carbonyl (C=O) groups is 1. The third kappa shape index (κ3) is 2.71. The van der Waals surface area contributed by atoms with Crippen molar-refractivity contribution in [3.8, 4) is 0 Å². The molecule has 2 fully saturated rings. The summed E-state index contributed by atoms with van der Waals surface area (Å²) in [5.41, 5.74) is 3.97. The molecule has 1 aromatic carbocycles. The van der Waals surface area contributed by atoms with E-state index in [1.807, 2.05) is 4.90 Å². The number of piperidine rings is 1. The number of amides is 1. The first-order valence-corrected chi connectivity index (χ1v) is 8.48. The molecule has 2 heterocycles. The Balaban J connectivity index is 1.48. The maximum Gasteiger partial charge on any atom is 0.230 e. The number of nitrogens with zero attached hydrogens (tertiary/aromatic N) is 1. The third-order valence-corrected chi connectivity index (χ3v) is 5.13. The van der Waals surface area contributed by atoms with Crippen LogP contribution in [0.5, 0.6) is 0 Å². The summed E-state index contributed by atoms with van der Waals surface area (Å²) in [7, 11) is 0. The minimum absolute atomic E-state index is 0.321. The van der Waals surface area contributed by atoms with Crippen molar-refractivity contribution < 1.29 is 4.79 Å². The number of fused-ring (bicyclic) bond motifs is 1. The van der Waals surface area contributed by atoms with Gasteiger partial charge in [-0.1, -0.05) is 18.6 Å². The van der Waals surface area contributed by atoms with Gasteiger partial charge in [0.25, 0.3) is 0 Å². The predicted octanol–water partition coefficient (Wildman–Crippen LogP) is 2.67. The molecule has 1 unspecified atom stereocenters. The molecule has 1 N–H and O–H groups in total. The van der Waals surface area contributed by atoms with Crippen molar-refractivity contribution in [2.75, 3.05) is 18.0 Å². The summed E-state index contributed by atoms with van der Waals surface area (Å²) in [6.07, 6.45) is 8.31. The molecule has 1 saturated carbocycles. The van der Waals surface area contributed by atoms with Gasteiger partial charge >= 0.3 is 0 Å². The molecular formula is C18H24N2O. The normalized spacial score (nSPS) is 25.0. The largest absolute Gasteiger partial charge is 0.314 e. The lowest BCUT2D eigenvalue weighted by Gasteiger charge is -2.24. The highest BCUT2D eigenvalue weighted by Crippen LogP contribution is 2.36. The van der Waals surface area contributed by atoms with Crippen LogP contribution in [0.4, 0.5) is 5.69 Å². The van der Waals surface area contributed by atoms with Crippen molar-refractivity contribution >= 4 is 11.6 Å². The van der Waals surface area contributed by atoms with Crippen molar-refractivity contribution in [2.24, 2.45) is 5.92 Å². The summed E-state index contributed by atoms with van der Waals surface area (Å²) in [4.78, 5) is 14.3. The molecule has 2 aliphatic heterocycles. The monoisotopic (exact) mass is 284 g/mol. The highest BCUT2D eigenvalue weighted by molar-refractivity contribution is 5.98. The lowest BCUT2D eigenvalue weighted by atomic mass is 9.96. The molecule has 4 rings (SSSR count). The summed E-state index contributed by atoms with van der Waals surface area (Å²) in [5.74, 6) is 0.678. The first kappa shape index (κ1) is 13.3. The van der Waals surface area contributed by atoms with Crippen molar-refractivity contribution in [1.82, 2.24) is 5.32 Å². The van der Waals surface area contributed by atoms with Crippen LogP contribution >= 0.6 is 0 Å². The molecule has 3 nitrogen and oxygen atoms in total. The summed E-state index contributed by atoms with van der Waals surface area (Å²) >= 11 is 0. The third-order valence-electron chi connectivity index (χ3n) is 5.13. The molecule has 3 heteroatoms. The zero-order valence-electron chi connectivity index (χ0n) is 12.6. The second-order valence-corrected chi connectivity index (χ2v) is 6.83. The van der Waals surface area contributed by atoms with Gasteiger partial charge in [0.1, 0.15) is 0 Å². The first-order valence-electron chi connectivity index (χ1n) is 8.48. The lowest BCUT2D eigenvalue weighted by Crippen LogP contribution is -2.35. The van der Waals surface area contributed by atoms with Gasteiger partial charge < -0.3 is 10.2 Å². The van der Waals surface area contributed by atoms with Crippen molar-refractivity contribution in [3.05, 3.63) is 29.3 Å². The van der Waals surface area contributed by atoms with Gasteiger partial charge in [0.15, 0.2) is 0 Å². The molecule has 112 valence electrons. The molecule has 1 aliphatic carbocycles. The molecule has 21 heavy (non-hydrogen) atoms. The van der Waals surface area contributed by atoms with E-state index < -0.39 is 0 Å². The predicted molar refractivity (Wildman–Crippen MR) is 84.6 cm³/mol. The van der Waals surface area contributed by atoms with Crippen LogP contribution < -0.4 is 10.2 Å². The number of rotatable bonds is 3. The Labute approximate surface area is 126 Å². The molecule has 1 saturated heterocycles. The van der Waals surface area contributed by atoms with Crippen molar-refractivity contribution in [3.63, 3.8) is 0 Å². The standard InChI is InChI=1S/C18H24N2O/c21-18(14-5-6-14)20-10-8-15-11-13(4-7-17(15)20)12-16-3-1-2-9-19-16/h4,7,11,14,16,19H,1-3,5-6,8-10,12H2. The highest BCUT2D eigenvalue weighted by Gasteiger charge is 2.36. The second-order valence-electron chi connectivity index (χ2n) is 6.83. The van der Waals surface area contributed by atoms with E-state index in [0.717, 1.165) is 32.2 Å². The fourth-order valence-corrected chi connectivity index (χ4v) is 3.74. The smallest absolute Gasteiger partial charge is 0.230 e. The molecule has 1 atom stereocenters. The van der Waals surface area contributed by atoms with Gasteiger partial charge in [0, 0.05) is 24.2 Å². The van der Waals surface area contributed by atoms with E-state index in [4.69, 9.17) is 0 Å². The summed E-state index contributed by atoms with van der Waals surface area (Å²) in [6.45, 7) is 2.05. The summed E-state index contributed by atoms with van der Waals surface area (Å²) in [6, 6.07) is 7.39. The van der Waals surface area contributed by atoms with Crippen LogP contribution in [0, 0.1) is 5.92 Å². The molecule has 0 radical (unpaired) electrons. The highest BCUT2D eigenvalue weighted by atomic mass is 16.2. The van der Waals surface area contributed by atoms with Gasteiger partial charge in [-0.2, -0.15) is 0 Å². The summed E-state index contributed by atoms with van der Waals surface area (Å²) in [5, 5.41) is 3.62. The zero-order chi connectivity index (χ0) is 14.2. The number of hydrogen-bond donors (Lipinski definition) is 1. The van der Waals surface area contributed by atoms with E-state index >= 15 is 0 Å². The lowest BCUT2D eigenvalue weighted by molar-refractivity contribution is -0.119. The van der Waals surface area contributed by atoms with Crippen molar-refractivity contribution in [2.45, 2.75) is 51.0 Å². The Morgan fingerprint density at radius 3 is 2.90 bits per heavy atom. The van der Waals surface area contributed by atoms with E-state index in [-0.39, 0.29) is 0 Å². The number of benzene rings is 1. The fourth-order valence-electron chi connectivity index (χ4n) is 3.74. The molecule has 1 aromatic rings. The first-order chi connectivity index (χ1) is 10.3. The number of carbonyl (C=O) groups excluding carboxylic acids is 1. The van der Waals surface area contributed by atoms with Crippen LogP contribution in [0.3, 0.4) is 0 Å². The Kier molecular flexibility index (Phi) is 3.46. The van der Waals surface area contributed by atoms with Gasteiger partial charge in [-0.15, -0.1) is 0 Å². The number of anilines is 1. The summed E-state index contributed by atoms with van der Waals surface area (Å²) < 4.78 is 0. The maximum atomic E-state index is 12.3. The molecule has 0 spiro atoms. The quantitative estimate of drug-likeness (QED) is 0.925. The van der Waals surface area contributed by atoms with Gasteiger partial charge in [-0.05, 0) is 62.3 Å². The average Bonchev–Trinajstić information content (AvgIpc) is 3.28. The average molecular weight is 284 g/mol. The van der Waals surface area contributed by atoms with Crippen LogP contribution in [-0.2, 0) is 17.6 Å². The molecule has 3 aliphatic rings. The maximum absolute atomic E-state index is 12.3. The van der Waals surface area contributed by atoms with Crippen LogP contribution in [0.15, 0.2) is 18.2 Å². The Morgan fingerprint density at radius 2 is 2.14 bits per heavy atom. The van der Waals surface area contributed by atoms with E-state index in [0.29, 0.717) is 17.9 Å². The topological polar surface area (TPSA) is 32.3 Å². The van der Waals surface area contributed by atoms with E-state index in [9.17, 15) is 4.79 Å².